The van der Waals surface area contributed by atoms with Crippen LogP contribution in [0.1, 0.15) is 16.7 Å². The van der Waals surface area contributed by atoms with Crippen LogP contribution in [0.2, 0.25) is 0 Å². The molecule has 7 nitrogen and oxygen atoms in total. The lowest BCUT2D eigenvalue weighted by Gasteiger charge is -2.17. The fourth-order valence-corrected chi connectivity index (χ4v) is 3.02. The van der Waals surface area contributed by atoms with E-state index in [1.807, 2.05) is 29.2 Å². The highest BCUT2D eigenvalue weighted by Gasteiger charge is 2.38. The van der Waals surface area contributed by atoms with E-state index in [9.17, 15) is 13.2 Å². The van der Waals surface area contributed by atoms with Gasteiger partial charge < -0.3 is 15.2 Å². The molecule has 1 aromatic carbocycles. The average molecular weight is 408 g/mol. The van der Waals surface area contributed by atoms with Gasteiger partial charge in [-0.05, 0) is 41.8 Å². The molecule has 0 spiro atoms. The van der Waals surface area contributed by atoms with Crippen LogP contribution in [0.3, 0.4) is 0 Å². The number of alkyl halides is 3. The molecule has 3 aromatic rings. The fourth-order valence-electron chi connectivity index (χ4n) is 3.02. The number of ether oxygens (including phenoxy) is 1. The number of fused-ring (bicyclic) bond motifs is 3. The molecule has 1 aliphatic rings. The molecule has 154 valence electrons. The molecule has 0 fully saturated rings. The Morgan fingerprint density at radius 3 is 2.59 bits per heavy atom. The molecule has 0 aliphatic carbocycles. The zero-order valence-electron chi connectivity index (χ0n) is 15.5. The van der Waals surface area contributed by atoms with Gasteiger partial charge in [0, 0.05) is 18.1 Å². The van der Waals surface area contributed by atoms with Crippen molar-refractivity contribution in [2.45, 2.75) is 25.7 Å². The van der Waals surface area contributed by atoms with Crippen LogP contribution in [0, 0.1) is 0 Å². The monoisotopic (exact) mass is 408 g/mol. The third kappa shape index (κ3) is 4.83. The normalized spacial score (nSPS) is 13.4. The highest BCUT2D eigenvalue weighted by Crippen LogP contribution is 2.23. The van der Waals surface area contributed by atoms with Gasteiger partial charge in [-0.25, -0.2) is 14.5 Å². The van der Waals surface area contributed by atoms with Gasteiger partial charge in [-0.3, -0.25) is 0 Å². The molecule has 10 heteroatoms. The zero-order chi connectivity index (χ0) is 21.0. The molecule has 1 aliphatic heterocycles. The maximum Gasteiger partial charge on any atom is 0.490 e. The van der Waals surface area contributed by atoms with E-state index in [0.29, 0.717) is 0 Å². The van der Waals surface area contributed by atoms with E-state index in [2.05, 4.69) is 27.5 Å². The Kier molecular flexibility index (Phi) is 6.02. The van der Waals surface area contributed by atoms with Crippen molar-refractivity contribution in [1.29, 1.82) is 0 Å². The minimum absolute atomic E-state index is 0.720. The van der Waals surface area contributed by atoms with Crippen LogP contribution < -0.4 is 10.1 Å². The van der Waals surface area contributed by atoms with E-state index in [1.165, 1.54) is 22.1 Å². The Hall–Kier alpha value is -3.14. The number of pyridine rings is 1. The molecule has 3 heterocycles. The van der Waals surface area contributed by atoms with E-state index in [4.69, 9.17) is 14.6 Å². The Bertz CT molecular complexity index is 1000. The highest BCUT2D eigenvalue weighted by molar-refractivity contribution is 5.80. The molecule has 4 rings (SSSR count). The first kappa shape index (κ1) is 20.6. The number of carboxylic acids is 1. The molecule has 29 heavy (non-hydrogen) atoms. The number of benzene rings is 1. The van der Waals surface area contributed by atoms with E-state index in [-0.39, 0.29) is 0 Å². The summed E-state index contributed by atoms with van der Waals surface area (Å²) in [5.74, 6) is -1.89. The summed E-state index contributed by atoms with van der Waals surface area (Å²) in [5.41, 5.74) is 4.84. The molecule has 0 unspecified atom stereocenters. The molecule has 0 atom stereocenters. The molecular weight excluding hydrogens is 389 g/mol. The van der Waals surface area contributed by atoms with Gasteiger partial charge in [-0.1, -0.05) is 12.1 Å². The van der Waals surface area contributed by atoms with Crippen LogP contribution in [0.25, 0.3) is 11.0 Å². The van der Waals surface area contributed by atoms with Crippen LogP contribution in [-0.2, 0) is 24.3 Å². The van der Waals surface area contributed by atoms with E-state index >= 15 is 0 Å². The van der Waals surface area contributed by atoms with Gasteiger partial charge in [-0.2, -0.15) is 18.3 Å². The van der Waals surface area contributed by atoms with Crippen molar-refractivity contribution >= 4 is 17.0 Å². The largest absolute Gasteiger partial charge is 0.497 e. The summed E-state index contributed by atoms with van der Waals surface area (Å²) in [6, 6.07) is 8.08. The van der Waals surface area contributed by atoms with Gasteiger partial charge in [0.15, 0.2) is 5.65 Å². The van der Waals surface area contributed by atoms with Crippen LogP contribution >= 0.6 is 0 Å². The summed E-state index contributed by atoms with van der Waals surface area (Å²) in [5, 5.41) is 16.2. The lowest BCUT2D eigenvalue weighted by Crippen LogP contribution is -2.24. The molecule has 0 saturated heterocycles. The molecule has 0 saturated carbocycles. The van der Waals surface area contributed by atoms with Crippen molar-refractivity contribution in [1.82, 2.24) is 20.1 Å². The number of hydrogen-bond donors (Lipinski definition) is 2. The number of hydrogen-bond acceptors (Lipinski definition) is 5. The number of carboxylic acid groups (broad SMARTS) is 1. The standard InChI is InChI=1S/C17H18N4O.C2HF3O2/c1-22-14-4-2-12(3-5-14)11-21-17-16(10-20-21)15-6-7-18-8-13(15)9-19-17;3-2(4,5)1(6)7/h2-5,9-10,18H,6-8,11H2,1H3;(H,6,7). The fraction of sp³-hybridized carbons (Fsp3) is 0.316. The van der Waals surface area contributed by atoms with Crippen molar-refractivity contribution in [3.63, 3.8) is 0 Å². The van der Waals surface area contributed by atoms with Crippen LogP contribution in [-0.4, -0.2) is 45.7 Å². The van der Waals surface area contributed by atoms with Crippen LogP contribution in [0.4, 0.5) is 13.2 Å². The second-order valence-electron chi connectivity index (χ2n) is 6.38. The lowest BCUT2D eigenvalue weighted by molar-refractivity contribution is -0.192. The molecule has 0 amide bonds. The Morgan fingerprint density at radius 1 is 1.28 bits per heavy atom. The molecule has 2 aromatic heterocycles. The Labute approximate surface area is 164 Å². The number of nitrogens with zero attached hydrogens (tertiary/aromatic N) is 3. The van der Waals surface area contributed by atoms with Crippen molar-refractivity contribution in [3.8, 4) is 5.75 Å². The van der Waals surface area contributed by atoms with Gasteiger partial charge in [-0.15, -0.1) is 0 Å². The molecule has 0 bridgehead atoms. The van der Waals surface area contributed by atoms with Gasteiger partial charge in [0.05, 0.1) is 19.9 Å². The Morgan fingerprint density at radius 2 is 1.97 bits per heavy atom. The summed E-state index contributed by atoms with van der Waals surface area (Å²) in [6.07, 6.45) is -0.103. The first-order chi connectivity index (χ1) is 13.8. The number of methoxy groups -OCH3 is 1. The summed E-state index contributed by atoms with van der Waals surface area (Å²) < 4.78 is 38.9. The maximum atomic E-state index is 10.6. The number of aromatic nitrogens is 3. The number of carbonyl (C=O) groups is 1. The van der Waals surface area contributed by atoms with E-state index in [0.717, 1.165) is 37.5 Å². The summed E-state index contributed by atoms with van der Waals surface area (Å²) >= 11 is 0. The molecular formula is C19H19F3N4O3. The predicted molar refractivity (Wildman–Crippen MR) is 98.7 cm³/mol. The van der Waals surface area contributed by atoms with Crippen molar-refractivity contribution in [3.05, 3.63) is 53.3 Å². The number of rotatable bonds is 3. The SMILES string of the molecule is COc1ccc(Cn2ncc3c4c(cnc32)CNCC4)cc1.O=C(O)C(F)(F)F. The third-order valence-corrected chi connectivity index (χ3v) is 4.47. The summed E-state index contributed by atoms with van der Waals surface area (Å²) in [7, 11) is 1.68. The lowest BCUT2D eigenvalue weighted by atomic mass is 10.0. The second-order valence-corrected chi connectivity index (χ2v) is 6.38. The van der Waals surface area contributed by atoms with E-state index < -0.39 is 12.1 Å². The molecule has 2 N–H and O–H groups in total. The number of halogens is 3. The highest BCUT2D eigenvalue weighted by atomic mass is 19.4. The first-order valence-electron chi connectivity index (χ1n) is 8.75. The van der Waals surface area contributed by atoms with Gasteiger partial charge in [0.1, 0.15) is 5.75 Å². The predicted octanol–water partition coefficient (Wildman–Crippen LogP) is 2.77. The Balaban J connectivity index is 0.000000298. The minimum Gasteiger partial charge on any atom is -0.497 e. The van der Waals surface area contributed by atoms with Crippen molar-refractivity contribution < 1.29 is 27.8 Å². The second kappa shape index (κ2) is 8.48. The molecule has 0 radical (unpaired) electrons. The van der Waals surface area contributed by atoms with Crippen molar-refractivity contribution in [2.75, 3.05) is 13.7 Å². The van der Waals surface area contributed by atoms with Crippen LogP contribution in [0.15, 0.2) is 36.7 Å². The van der Waals surface area contributed by atoms with Crippen LogP contribution in [0.5, 0.6) is 5.75 Å². The number of nitrogens with one attached hydrogen (secondary N) is 1. The van der Waals surface area contributed by atoms with Gasteiger partial charge in [0.25, 0.3) is 0 Å². The maximum absolute atomic E-state index is 10.6. The van der Waals surface area contributed by atoms with Gasteiger partial charge in [0.2, 0.25) is 0 Å². The first-order valence-corrected chi connectivity index (χ1v) is 8.75. The summed E-state index contributed by atoms with van der Waals surface area (Å²) in [4.78, 5) is 13.5. The number of aliphatic carboxylic acids is 1. The quantitative estimate of drug-likeness (QED) is 0.693. The topological polar surface area (TPSA) is 89.3 Å². The van der Waals surface area contributed by atoms with Gasteiger partial charge >= 0.3 is 12.1 Å². The zero-order valence-corrected chi connectivity index (χ0v) is 15.5. The smallest absolute Gasteiger partial charge is 0.490 e. The minimum atomic E-state index is -5.08. The van der Waals surface area contributed by atoms with Crippen molar-refractivity contribution in [2.24, 2.45) is 0 Å². The third-order valence-electron chi connectivity index (χ3n) is 4.47. The van der Waals surface area contributed by atoms with E-state index in [1.54, 1.807) is 7.11 Å². The average Bonchev–Trinajstić information content (AvgIpc) is 3.11. The summed E-state index contributed by atoms with van der Waals surface area (Å²) in [6.45, 7) is 2.65.